The van der Waals surface area contributed by atoms with Crippen molar-refractivity contribution >= 4 is 23.3 Å². The molecule has 2 aliphatic carbocycles. The molecule has 1 N–H and O–H groups in total. The molecule has 1 aromatic carbocycles. The van der Waals surface area contributed by atoms with Crippen molar-refractivity contribution in [2.24, 2.45) is 4.99 Å². The van der Waals surface area contributed by atoms with E-state index in [-0.39, 0.29) is 11.8 Å². The predicted octanol–water partition coefficient (Wildman–Crippen LogP) is 2.65. The first kappa shape index (κ1) is 17.1. The lowest BCUT2D eigenvalue weighted by molar-refractivity contribution is -0.128. The fourth-order valence-electron chi connectivity index (χ4n) is 3.96. The van der Waals surface area contributed by atoms with E-state index < -0.39 is 6.04 Å². The van der Waals surface area contributed by atoms with Crippen LogP contribution in [0.1, 0.15) is 51.9 Å². The van der Waals surface area contributed by atoms with Crippen LogP contribution in [0.3, 0.4) is 0 Å². The summed E-state index contributed by atoms with van der Waals surface area (Å²) in [5.41, 5.74) is 3.72. The Labute approximate surface area is 154 Å². The van der Waals surface area contributed by atoms with Gasteiger partial charge in [0.15, 0.2) is 0 Å². The van der Waals surface area contributed by atoms with Crippen LogP contribution in [-0.2, 0) is 9.59 Å². The third kappa shape index (κ3) is 3.32. The molecule has 0 radical (unpaired) electrons. The van der Waals surface area contributed by atoms with E-state index in [0.717, 1.165) is 31.4 Å². The summed E-state index contributed by atoms with van der Waals surface area (Å²) in [5.74, 6) is 0.0847. The van der Waals surface area contributed by atoms with Crippen LogP contribution in [0, 0.1) is 0 Å². The fourth-order valence-corrected chi connectivity index (χ4v) is 3.96. The number of amides is 2. The number of carbonyl (C=O) groups is 2. The molecule has 6 heteroatoms. The Balaban J connectivity index is 1.58. The second-order valence-electron chi connectivity index (χ2n) is 7.51. The molecule has 1 heterocycles. The van der Waals surface area contributed by atoms with Gasteiger partial charge in [-0.3, -0.25) is 15.0 Å². The van der Waals surface area contributed by atoms with Crippen molar-refractivity contribution in [1.29, 1.82) is 0 Å². The van der Waals surface area contributed by atoms with E-state index in [1.807, 2.05) is 30.3 Å². The third-order valence-electron chi connectivity index (χ3n) is 5.48. The number of amidine groups is 1. The van der Waals surface area contributed by atoms with Crippen LogP contribution in [0.4, 0.5) is 5.69 Å². The van der Waals surface area contributed by atoms with E-state index in [0.29, 0.717) is 17.9 Å². The van der Waals surface area contributed by atoms with Crippen molar-refractivity contribution in [1.82, 2.24) is 10.3 Å². The summed E-state index contributed by atoms with van der Waals surface area (Å²) in [7, 11) is 0. The second-order valence-corrected chi connectivity index (χ2v) is 7.51. The normalized spacial score (nSPS) is 24.0. The number of nitrogens with one attached hydrogen (secondary N) is 1. The zero-order valence-electron chi connectivity index (χ0n) is 15.2. The number of hydrogen-bond donors (Lipinski definition) is 1. The molecular formula is C20H26N4O2. The van der Waals surface area contributed by atoms with E-state index in [2.05, 4.69) is 15.3 Å². The SMILES string of the molecule is C[C@H]1N=C(C(=O)N(C2CCCCC2)C2CC2)NN(c2ccccc2)C1=O. The minimum Gasteiger partial charge on any atom is -0.330 e. The number of para-hydroxylation sites is 1. The highest BCUT2D eigenvalue weighted by Gasteiger charge is 2.41. The van der Waals surface area contributed by atoms with Gasteiger partial charge >= 0.3 is 0 Å². The average molecular weight is 354 g/mol. The van der Waals surface area contributed by atoms with Gasteiger partial charge in [-0.25, -0.2) is 10.0 Å². The molecule has 0 unspecified atom stereocenters. The van der Waals surface area contributed by atoms with Crippen molar-refractivity contribution in [3.05, 3.63) is 30.3 Å². The number of hydrazine groups is 1. The number of aliphatic imine (C=N–C) groups is 1. The lowest BCUT2D eigenvalue weighted by Crippen LogP contribution is -2.60. The Bertz CT molecular complexity index is 708. The largest absolute Gasteiger partial charge is 0.330 e. The number of rotatable bonds is 4. The second kappa shape index (κ2) is 7.09. The summed E-state index contributed by atoms with van der Waals surface area (Å²) in [5, 5.41) is 1.46. The molecule has 2 saturated carbocycles. The molecule has 26 heavy (non-hydrogen) atoms. The van der Waals surface area contributed by atoms with Crippen LogP contribution >= 0.6 is 0 Å². The van der Waals surface area contributed by atoms with Gasteiger partial charge in [-0.15, -0.1) is 0 Å². The Kier molecular flexibility index (Phi) is 4.66. The van der Waals surface area contributed by atoms with Gasteiger partial charge in [-0.1, -0.05) is 37.5 Å². The first-order chi connectivity index (χ1) is 12.6. The predicted molar refractivity (Wildman–Crippen MR) is 101 cm³/mol. The monoisotopic (exact) mass is 354 g/mol. The van der Waals surface area contributed by atoms with Crippen molar-refractivity contribution < 1.29 is 9.59 Å². The molecule has 2 fully saturated rings. The zero-order chi connectivity index (χ0) is 18.1. The lowest BCUT2D eigenvalue weighted by Gasteiger charge is -2.37. The summed E-state index contributed by atoms with van der Waals surface area (Å²) >= 11 is 0. The summed E-state index contributed by atoms with van der Waals surface area (Å²) in [6, 6.07) is 9.44. The van der Waals surface area contributed by atoms with Gasteiger partial charge in [-0.2, -0.15) is 0 Å². The molecule has 138 valence electrons. The Hall–Kier alpha value is -2.37. The van der Waals surface area contributed by atoms with Crippen LogP contribution in [0.15, 0.2) is 35.3 Å². The van der Waals surface area contributed by atoms with Gasteiger partial charge in [0, 0.05) is 12.1 Å². The molecule has 6 nitrogen and oxygen atoms in total. The van der Waals surface area contributed by atoms with Crippen molar-refractivity contribution in [2.45, 2.75) is 70.0 Å². The summed E-state index contributed by atoms with van der Waals surface area (Å²) in [4.78, 5) is 32.3. The molecule has 1 aromatic rings. The smallest absolute Gasteiger partial charge is 0.291 e. The number of hydrogen-bond acceptors (Lipinski definition) is 4. The average Bonchev–Trinajstić information content (AvgIpc) is 3.50. The highest BCUT2D eigenvalue weighted by atomic mass is 16.2. The standard InChI is InChI=1S/C20H26N4O2/c1-14-19(25)24(17-10-6-3-7-11-17)22-18(21-14)20(26)23(16-12-13-16)15-8-4-2-5-9-15/h3,6-7,10-11,14-16H,2,4-5,8-9,12-13H2,1H3,(H,21,22)/t14-/m1/s1. The number of benzene rings is 1. The quantitative estimate of drug-likeness (QED) is 0.904. The van der Waals surface area contributed by atoms with E-state index in [1.54, 1.807) is 6.92 Å². The van der Waals surface area contributed by atoms with Crippen LogP contribution < -0.4 is 10.4 Å². The molecule has 0 saturated heterocycles. The van der Waals surface area contributed by atoms with E-state index >= 15 is 0 Å². The van der Waals surface area contributed by atoms with Crippen LogP contribution in [0.25, 0.3) is 0 Å². The lowest BCUT2D eigenvalue weighted by atomic mass is 9.94. The van der Waals surface area contributed by atoms with Gasteiger partial charge in [0.25, 0.3) is 11.8 Å². The third-order valence-corrected chi connectivity index (χ3v) is 5.48. The van der Waals surface area contributed by atoms with Gasteiger partial charge in [0.2, 0.25) is 5.84 Å². The number of carbonyl (C=O) groups excluding carboxylic acids is 2. The highest BCUT2D eigenvalue weighted by Crippen LogP contribution is 2.34. The minimum absolute atomic E-state index is 0.0559. The molecule has 0 aromatic heterocycles. The van der Waals surface area contributed by atoms with Gasteiger partial charge < -0.3 is 4.90 Å². The zero-order valence-corrected chi connectivity index (χ0v) is 15.2. The Morgan fingerprint density at radius 3 is 2.38 bits per heavy atom. The van der Waals surface area contributed by atoms with Crippen molar-refractivity contribution in [3.63, 3.8) is 0 Å². The van der Waals surface area contributed by atoms with Gasteiger partial charge in [0.05, 0.1) is 5.69 Å². The highest BCUT2D eigenvalue weighted by molar-refractivity contribution is 6.39. The first-order valence-corrected chi connectivity index (χ1v) is 9.71. The molecule has 1 atom stereocenters. The minimum atomic E-state index is -0.567. The number of nitrogens with zero attached hydrogens (tertiary/aromatic N) is 3. The molecule has 0 bridgehead atoms. The maximum atomic E-state index is 13.3. The van der Waals surface area contributed by atoms with Gasteiger partial charge in [-0.05, 0) is 44.7 Å². The van der Waals surface area contributed by atoms with Crippen molar-refractivity contribution in [2.75, 3.05) is 5.01 Å². The maximum Gasteiger partial charge on any atom is 0.291 e. The van der Waals surface area contributed by atoms with Crippen LogP contribution in [-0.4, -0.2) is 40.7 Å². The Morgan fingerprint density at radius 2 is 1.73 bits per heavy atom. The van der Waals surface area contributed by atoms with E-state index in [1.165, 1.54) is 24.3 Å². The molecule has 2 amide bonds. The summed E-state index contributed by atoms with van der Waals surface area (Å²) in [6.07, 6.45) is 7.94. The van der Waals surface area contributed by atoms with Crippen LogP contribution in [0.2, 0.25) is 0 Å². The maximum absolute atomic E-state index is 13.3. The fraction of sp³-hybridized carbons (Fsp3) is 0.550. The molecule has 1 aliphatic heterocycles. The van der Waals surface area contributed by atoms with Gasteiger partial charge in [0.1, 0.15) is 6.04 Å². The molecular weight excluding hydrogens is 328 g/mol. The molecule has 4 rings (SSSR count). The molecule has 3 aliphatic rings. The van der Waals surface area contributed by atoms with Crippen LogP contribution in [0.5, 0.6) is 0 Å². The summed E-state index contributed by atoms with van der Waals surface area (Å²) in [6.45, 7) is 1.74. The van der Waals surface area contributed by atoms with E-state index in [4.69, 9.17) is 0 Å². The first-order valence-electron chi connectivity index (χ1n) is 9.71. The topological polar surface area (TPSA) is 65.0 Å². The van der Waals surface area contributed by atoms with Crippen molar-refractivity contribution in [3.8, 4) is 0 Å². The Morgan fingerprint density at radius 1 is 1.08 bits per heavy atom. The number of anilines is 1. The van der Waals surface area contributed by atoms with E-state index in [9.17, 15) is 9.59 Å². The molecule has 0 spiro atoms. The summed E-state index contributed by atoms with van der Waals surface area (Å²) < 4.78 is 0.